The van der Waals surface area contributed by atoms with Crippen molar-refractivity contribution in [2.75, 3.05) is 0 Å². The van der Waals surface area contributed by atoms with Crippen LogP contribution in [-0.4, -0.2) is 23.8 Å². The van der Waals surface area contributed by atoms with E-state index in [1.165, 1.54) is 17.3 Å². The summed E-state index contributed by atoms with van der Waals surface area (Å²) >= 11 is 0. The lowest BCUT2D eigenvalue weighted by molar-refractivity contribution is 0.364. The standard InChI is InChI=1S/C14H17N5O3.C3H8/c1-8(2)10-5-9(16-22-10)6-19-13(20)11-12(15-7-17(11)3)18(4)14(19)21;1-3-2/h5,7-8H,6H2,1-4H3;3H2,1-2H3. The van der Waals surface area contributed by atoms with Gasteiger partial charge in [-0.05, 0) is 0 Å². The molecule has 0 N–H and O–H groups in total. The van der Waals surface area contributed by atoms with Crippen molar-refractivity contribution in [3.05, 3.63) is 44.7 Å². The van der Waals surface area contributed by atoms with Gasteiger partial charge in [-0.1, -0.05) is 39.3 Å². The number of rotatable bonds is 3. The molecular weight excluding hydrogens is 322 g/mol. The van der Waals surface area contributed by atoms with Crippen molar-refractivity contribution >= 4 is 11.2 Å². The molecule has 3 heterocycles. The first kappa shape index (κ1) is 18.7. The Morgan fingerprint density at radius 2 is 1.84 bits per heavy atom. The van der Waals surface area contributed by atoms with Gasteiger partial charge < -0.3 is 9.09 Å². The smallest absolute Gasteiger partial charge is 0.332 e. The van der Waals surface area contributed by atoms with Crippen LogP contribution in [0.25, 0.3) is 11.2 Å². The molecule has 0 bridgehead atoms. The Labute approximate surface area is 145 Å². The molecule has 0 spiro atoms. The molecule has 0 aliphatic carbocycles. The molecule has 0 amide bonds. The maximum atomic E-state index is 12.6. The zero-order valence-electron chi connectivity index (χ0n) is 15.6. The van der Waals surface area contributed by atoms with Crippen LogP contribution in [0.4, 0.5) is 0 Å². The highest BCUT2D eigenvalue weighted by Gasteiger charge is 2.16. The van der Waals surface area contributed by atoms with Crippen molar-refractivity contribution in [3.63, 3.8) is 0 Å². The first-order chi connectivity index (χ1) is 11.8. The van der Waals surface area contributed by atoms with Crippen molar-refractivity contribution in [2.24, 2.45) is 14.1 Å². The Hall–Kier alpha value is -2.64. The van der Waals surface area contributed by atoms with Gasteiger partial charge in [-0.2, -0.15) is 0 Å². The Kier molecular flexibility index (Phi) is 5.61. The summed E-state index contributed by atoms with van der Waals surface area (Å²) in [5, 5.41) is 3.93. The maximum absolute atomic E-state index is 12.6. The molecule has 0 atom stereocenters. The molecule has 3 aromatic rings. The zero-order valence-corrected chi connectivity index (χ0v) is 15.6. The van der Waals surface area contributed by atoms with Crippen LogP contribution in [0.1, 0.15) is 51.5 Å². The number of fused-ring (bicyclic) bond motifs is 1. The molecule has 0 fully saturated rings. The van der Waals surface area contributed by atoms with E-state index in [9.17, 15) is 9.59 Å². The van der Waals surface area contributed by atoms with Gasteiger partial charge in [0.25, 0.3) is 5.56 Å². The third-order valence-electron chi connectivity index (χ3n) is 3.67. The number of aryl methyl sites for hydroxylation is 2. The first-order valence-electron chi connectivity index (χ1n) is 8.38. The van der Waals surface area contributed by atoms with Gasteiger partial charge in [-0.25, -0.2) is 9.78 Å². The number of hydrogen-bond donors (Lipinski definition) is 0. The minimum Gasteiger partial charge on any atom is -0.361 e. The SMILES string of the molecule is CC(C)c1cc(Cn2c(=O)c3c(ncn3C)n(C)c2=O)no1.CCC. The topological polar surface area (TPSA) is 87.9 Å². The highest BCUT2D eigenvalue weighted by atomic mass is 16.5. The number of imidazole rings is 1. The number of nitrogens with zero attached hydrogens (tertiary/aromatic N) is 5. The van der Waals surface area contributed by atoms with Gasteiger partial charge in [0.15, 0.2) is 11.2 Å². The van der Waals surface area contributed by atoms with E-state index < -0.39 is 5.69 Å². The van der Waals surface area contributed by atoms with E-state index in [2.05, 4.69) is 24.0 Å². The minimum atomic E-state index is -0.426. The van der Waals surface area contributed by atoms with Crippen LogP contribution >= 0.6 is 0 Å². The minimum absolute atomic E-state index is 0.0723. The average Bonchev–Trinajstić information content (AvgIpc) is 3.17. The van der Waals surface area contributed by atoms with Crippen LogP contribution in [0.15, 0.2) is 26.5 Å². The summed E-state index contributed by atoms with van der Waals surface area (Å²) in [6, 6.07) is 1.77. The molecule has 3 aromatic heterocycles. The normalized spacial score (nSPS) is 11.0. The molecule has 0 unspecified atom stereocenters. The van der Waals surface area contributed by atoms with Gasteiger partial charge in [0, 0.05) is 26.1 Å². The van der Waals surface area contributed by atoms with Crippen molar-refractivity contribution in [1.82, 2.24) is 23.8 Å². The van der Waals surface area contributed by atoms with Crippen LogP contribution < -0.4 is 11.2 Å². The van der Waals surface area contributed by atoms with Gasteiger partial charge in [-0.3, -0.25) is 13.9 Å². The summed E-state index contributed by atoms with van der Waals surface area (Å²) in [7, 11) is 3.31. The van der Waals surface area contributed by atoms with Gasteiger partial charge in [0.2, 0.25) is 0 Å². The molecule has 0 radical (unpaired) electrons. The molecule has 0 aliphatic heterocycles. The second kappa shape index (κ2) is 7.50. The van der Waals surface area contributed by atoms with Crippen LogP contribution in [0.5, 0.6) is 0 Å². The quantitative estimate of drug-likeness (QED) is 0.723. The monoisotopic (exact) mass is 347 g/mol. The number of hydrogen-bond acceptors (Lipinski definition) is 5. The lowest BCUT2D eigenvalue weighted by Gasteiger charge is -2.06. The van der Waals surface area contributed by atoms with Crippen molar-refractivity contribution in [1.29, 1.82) is 0 Å². The van der Waals surface area contributed by atoms with E-state index in [0.29, 0.717) is 16.9 Å². The second-order valence-electron chi connectivity index (χ2n) is 6.34. The summed E-state index contributed by atoms with van der Waals surface area (Å²) in [4.78, 5) is 29.0. The van der Waals surface area contributed by atoms with Crippen LogP contribution in [0.3, 0.4) is 0 Å². The predicted octanol–water partition coefficient (Wildman–Crippen LogP) is 2.01. The Balaban J connectivity index is 0.000000701. The summed E-state index contributed by atoms with van der Waals surface area (Å²) in [6.07, 6.45) is 2.77. The Morgan fingerprint density at radius 3 is 2.40 bits per heavy atom. The molecule has 25 heavy (non-hydrogen) atoms. The van der Waals surface area contributed by atoms with Gasteiger partial charge in [0.05, 0.1) is 12.9 Å². The van der Waals surface area contributed by atoms with E-state index in [1.807, 2.05) is 13.8 Å². The molecule has 8 nitrogen and oxygen atoms in total. The molecule has 0 saturated heterocycles. The average molecular weight is 347 g/mol. The van der Waals surface area contributed by atoms with Gasteiger partial charge >= 0.3 is 5.69 Å². The first-order valence-corrected chi connectivity index (χ1v) is 8.38. The predicted molar refractivity (Wildman–Crippen MR) is 95.9 cm³/mol. The molecule has 3 rings (SSSR count). The lowest BCUT2D eigenvalue weighted by Crippen LogP contribution is -2.39. The molecular formula is C17H25N5O3. The fourth-order valence-electron chi connectivity index (χ4n) is 2.37. The van der Waals surface area contributed by atoms with Crippen molar-refractivity contribution in [3.8, 4) is 0 Å². The lowest BCUT2D eigenvalue weighted by atomic mass is 10.1. The molecule has 0 saturated carbocycles. The molecule has 0 aliphatic rings. The highest BCUT2D eigenvalue weighted by molar-refractivity contribution is 5.69. The summed E-state index contributed by atoms with van der Waals surface area (Å²) in [5.41, 5.74) is 0.494. The van der Waals surface area contributed by atoms with E-state index in [4.69, 9.17) is 4.52 Å². The summed E-state index contributed by atoms with van der Waals surface area (Å²) in [6.45, 7) is 8.29. The molecule has 0 aromatic carbocycles. The summed E-state index contributed by atoms with van der Waals surface area (Å²) < 4.78 is 9.33. The van der Waals surface area contributed by atoms with E-state index in [1.54, 1.807) is 24.7 Å². The van der Waals surface area contributed by atoms with Crippen molar-refractivity contribution in [2.45, 2.75) is 46.6 Å². The van der Waals surface area contributed by atoms with Crippen LogP contribution in [0.2, 0.25) is 0 Å². The zero-order chi connectivity index (χ0) is 18.7. The summed E-state index contributed by atoms with van der Waals surface area (Å²) in [5.74, 6) is 0.918. The third-order valence-corrected chi connectivity index (χ3v) is 3.67. The number of aromatic nitrogens is 5. The van der Waals surface area contributed by atoms with Gasteiger partial charge in [-0.15, -0.1) is 0 Å². The highest BCUT2D eigenvalue weighted by Crippen LogP contribution is 2.15. The largest absolute Gasteiger partial charge is 0.361 e. The van der Waals surface area contributed by atoms with E-state index in [-0.39, 0.29) is 18.0 Å². The van der Waals surface area contributed by atoms with Crippen LogP contribution in [-0.2, 0) is 20.6 Å². The Bertz CT molecular complexity index is 974. The fraction of sp³-hybridized carbons (Fsp3) is 0.529. The van der Waals surface area contributed by atoms with Crippen molar-refractivity contribution < 1.29 is 4.52 Å². The fourth-order valence-corrected chi connectivity index (χ4v) is 2.37. The van der Waals surface area contributed by atoms with E-state index >= 15 is 0 Å². The van der Waals surface area contributed by atoms with Gasteiger partial charge in [0.1, 0.15) is 11.5 Å². The molecule has 8 heteroatoms. The van der Waals surface area contributed by atoms with Crippen LogP contribution in [0, 0.1) is 0 Å². The maximum Gasteiger partial charge on any atom is 0.332 e. The van der Waals surface area contributed by atoms with E-state index in [0.717, 1.165) is 10.3 Å². The molecule has 136 valence electrons. The Morgan fingerprint density at radius 1 is 1.20 bits per heavy atom. The second-order valence-corrected chi connectivity index (χ2v) is 6.34. The third kappa shape index (κ3) is 3.57.